The Bertz CT molecular complexity index is 823. The lowest BCUT2D eigenvalue weighted by atomic mass is 10.1. The third-order valence-electron chi connectivity index (χ3n) is 3.38. The number of aryl methyl sites for hydroxylation is 1. The zero-order valence-electron chi connectivity index (χ0n) is 15.7. The first kappa shape index (κ1) is 19.8. The van der Waals surface area contributed by atoms with Gasteiger partial charge in [-0.1, -0.05) is 6.07 Å². The van der Waals surface area contributed by atoms with Crippen molar-refractivity contribution in [2.24, 2.45) is 0 Å². The van der Waals surface area contributed by atoms with Crippen molar-refractivity contribution < 1.29 is 14.3 Å². The lowest BCUT2D eigenvalue weighted by molar-refractivity contribution is -0.124. The van der Waals surface area contributed by atoms with Gasteiger partial charge in [0, 0.05) is 5.54 Å². The van der Waals surface area contributed by atoms with E-state index in [0.717, 1.165) is 11.4 Å². The second-order valence-electron chi connectivity index (χ2n) is 6.82. The third kappa shape index (κ3) is 5.48. The van der Waals surface area contributed by atoms with Crippen LogP contribution in [0.4, 0.5) is 0 Å². The third-order valence-corrected chi connectivity index (χ3v) is 3.66. The zero-order valence-corrected chi connectivity index (χ0v) is 16.5. The maximum atomic E-state index is 11.9. The molecule has 1 aromatic heterocycles. The summed E-state index contributed by atoms with van der Waals surface area (Å²) in [5.41, 5.74) is 3.85. The summed E-state index contributed by atoms with van der Waals surface area (Å²) >= 11 is 5.15. The van der Waals surface area contributed by atoms with Gasteiger partial charge in [0.1, 0.15) is 5.82 Å². The highest BCUT2D eigenvalue weighted by atomic mass is 32.1. The van der Waals surface area contributed by atoms with Crippen LogP contribution in [0.3, 0.4) is 0 Å². The summed E-state index contributed by atoms with van der Waals surface area (Å²) in [6.45, 7) is 8.05. The summed E-state index contributed by atoms with van der Waals surface area (Å²) in [5, 5.41) is 9.61. The average molecular weight is 379 g/mol. The van der Waals surface area contributed by atoms with Crippen LogP contribution in [0.1, 0.15) is 32.2 Å². The number of carbonyl (C=O) groups is 1. The largest absolute Gasteiger partial charge is 0.493 e. The molecule has 2 rings (SSSR count). The maximum absolute atomic E-state index is 11.9. The minimum atomic E-state index is -0.299. The van der Waals surface area contributed by atoms with Crippen molar-refractivity contribution in [1.29, 1.82) is 0 Å². The van der Waals surface area contributed by atoms with E-state index in [2.05, 4.69) is 20.9 Å². The maximum Gasteiger partial charge on any atom is 0.258 e. The highest BCUT2D eigenvalue weighted by Crippen LogP contribution is 2.28. The Kier molecular flexibility index (Phi) is 6.25. The van der Waals surface area contributed by atoms with E-state index < -0.39 is 0 Å². The number of carbonyl (C=O) groups excluding carboxylic acids is 1. The van der Waals surface area contributed by atoms with Crippen molar-refractivity contribution >= 4 is 18.1 Å². The first-order valence-corrected chi connectivity index (χ1v) is 8.59. The van der Waals surface area contributed by atoms with Crippen molar-refractivity contribution in [3.05, 3.63) is 34.4 Å². The number of aromatic nitrogens is 3. The van der Waals surface area contributed by atoms with Crippen LogP contribution in [0.25, 0.3) is 0 Å². The molecule has 8 nitrogen and oxygen atoms in total. The van der Waals surface area contributed by atoms with E-state index in [0.29, 0.717) is 22.8 Å². The predicted octanol–water partition coefficient (Wildman–Crippen LogP) is 2.29. The molecule has 0 bridgehead atoms. The number of H-pyrrole nitrogens is 1. The predicted molar refractivity (Wildman–Crippen MR) is 102 cm³/mol. The molecule has 0 saturated heterocycles. The Balaban J connectivity index is 2.00. The van der Waals surface area contributed by atoms with Gasteiger partial charge in [-0.25, -0.2) is 4.68 Å². The zero-order chi connectivity index (χ0) is 19.3. The number of benzene rings is 1. The Hall–Kier alpha value is -2.55. The van der Waals surface area contributed by atoms with Crippen LogP contribution < -0.4 is 20.2 Å². The summed E-state index contributed by atoms with van der Waals surface area (Å²) in [4.78, 5) is 11.9. The molecule has 0 aliphatic rings. The standard InChI is InChI=1S/C17H25N5O3S/c1-11-20-21-16(26)22(11)18-9-12-6-7-13(14(8-12)24-5)25-10-15(23)19-17(2,3)4/h6-8,18H,9-10H2,1-5H3,(H,19,23)(H,21,26). The molecule has 9 heteroatoms. The molecule has 0 saturated carbocycles. The van der Waals surface area contributed by atoms with Gasteiger partial charge >= 0.3 is 0 Å². The monoisotopic (exact) mass is 379 g/mol. The van der Waals surface area contributed by atoms with Crippen molar-refractivity contribution in [3.8, 4) is 11.5 Å². The van der Waals surface area contributed by atoms with Crippen molar-refractivity contribution in [3.63, 3.8) is 0 Å². The van der Waals surface area contributed by atoms with Gasteiger partial charge in [0.2, 0.25) is 4.77 Å². The molecule has 0 aliphatic carbocycles. The van der Waals surface area contributed by atoms with Crippen LogP contribution in [0.2, 0.25) is 0 Å². The number of nitrogens with one attached hydrogen (secondary N) is 3. The summed E-state index contributed by atoms with van der Waals surface area (Å²) in [6.07, 6.45) is 0. The number of aromatic amines is 1. The molecule has 0 spiro atoms. The Labute approximate surface area is 157 Å². The summed E-state index contributed by atoms with van der Waals surface area (Å²) < 4.78 is 13.2. The second kappa shape index (κ2) is 8.22. The van der Waals surface area contributed by atoms with E-state index in [1.807, 2.05) is 39.8 Å². The summed E-state index contributed by atoms with van der Waals surface area (Å²) in [7, 11) is 1.56. The van der Waals surface area contributed by atoms with Crippen LogP contribution in [-0.2, 0) is 11.3 Å². The van der Waals surface area contributed by atoms with Gasteiger partial charge < -0.3 is 20.2 Å². The van der Waals surface area contributed by atoms with E-state index in [4.69, 9.17) is 21.7 Å². The molecule has 0 atom stereocenters. The van der Waals surface area contributed by atoms with Crippen LogP contribution in [0, 0.1) is 11.7 Å². The lowest BCUT2D eigenvalue weighted by Crippen LogP contribution is -2.43. The Morgan fingerprint density at radius 1 is 1.35 bits per heavy atom. The molecule has 3 N–H and O–H groups in total. The first-order valence-electron chi connectivity index (χ1n) is 8.18. The van der Waals surface area contributed by atoms with Gasteiger partial charge in [-0.3, -0.25) is 9.89 Å². The van der Waals surface area contributed by atoms with Gasteiger partial charge in [-0.2, -0.15) is 5.10 Å². The first-order chi connectivity index (χ1) is 12.2. The van der Waals surface area contributed by atoms with Crippen molar-refractivity contribution in [2.45, 2.75) is 39.8 Å². The molecule has 0 aliphatic heterocycles. The van der Waals surface area contributed by atoms with Crippen LogP contribution in [0.15, 0.2) is 18.2 Å². The molecule has 0 radical (unpaired) electrons. The normalized spacial score (nSPS) is 11.1. The second-order valence-corrected chi connectivity index (χ2v) is 7.21. The molecule has 2 aromatic rings. The summed E-state index contributed by atoms with van der Waals surface area (Å²) in [5.74, 6) is 1.62. The topological polar surface area (TPSA) is 93.2 Å². The number of hydrogen-bond donors (Lipinski definition) is 3. The van der Waals surface area contributed by atoms with E-state index in [1.54, 1.807) is 17.9 Å². The fourth-order valence-electron chi connectivity index (χ4n) is 2.27. The fraction of sp³-hybridized carbons (Fsp3) is 0.471. The number of hydrogen-bond acceptors (Lipinski definition) is 6. The fourth-order valence-corrected chi connectivity index (χ4v) is 2.51. The van der Waals surface area contributed by atoms with E-state index in [1.165, 1.54) is 0 Å². The van der Waals surface area contributed by atoms with Crippen molar-refractivity contribution in [2.75, 3.05) is 19.1 Å². The van der Waals surface area contributed by atoms with Crippen LogP contribution in [-0.4, -0.2) is 40.0 Å². The number of amides is 1. The molecule has 26 heavy (non-hydrogen) atoms. The quantitative estimate of drug-likeness (QED) is 0.639. The van der Waals surface area contributed by atoms with Crippen LogP contribution in [0.5, 0.6) is 11.5 Å². The van der Waals surface area contributed by atoms with Gasteiger partial charge in [0.25, 0.3) is 5.91 Å². The molecular formula is C17H25N5O3S. The summed E-state index contributed by atoms with van der Waals surface area (Å²) in [6, 6.07) is 5.52. The molecular weight excluding hydrogens is 354 g/mol. The number of ether oxygens (including phenoxy) is 2. The number of nitrogens with zero attached hydrogens (tertiary/aromatic N) is 2. The smallest absolute Gasteiger partial charge is 0.258 e. The van der Waals surface area contributed by atoms with Gasteiger partial charge in [0.15, 0.2) is 18.1 Å². The highest BCUT2D eigenvalue weighted by Gasteiger charge is 2.15. The Morgan fingerprint density at radius 3 is 2.65 bits per heavy atom. The number of methoxy groups -OCH3 is 1. The van der Waals surface area contributed by atoms with E-state index in [-0.39, 0.29) is 18.1 Å². The average Bonchev–Trinajstić information content (AvgIpc) is 2.88. The minimum absolute atomic E-state index is 0.0748. The molecule has 0 unspecified atom stereocenters. The molecule has 142 valence electrons. The van der Waals surface area contributed by atoms with Gasteiger partial charge in [-0.15, -0.1) is 0 Å². The SMILES string of the molecule is COc1cc(CNn2c(C)n[nH]c2=S)ccc1OCC(=O)NC(C)(C)C. The lowest BCUT2D eigenvalue weighted by Gasteiger charge is -2.20. The van der Waals surface area contributed by atoms with Gasteiger partial charge in [-0.05, 0) is 57.6 Å². The van der Waals surface area contributed by atoms with E-state index >= 15 is 0 Å². The molecule has 0 fully saturated rings. The van der Waals surface area contributed by atoms with Crippen LogP contribution >= 0.6 is 12.2 Å². The molecule has 1 aromatic carbocycles. The minimum Gasteiger partial charge on any atom is -0.493 e. The molecule has 1 amide bonds. The van der Waals surface area contributed by atoms with E-state index in [9.17, 15) is 4.79 Å². The van der Waals surface area contributed by atoms with Gasteiger partial charge in [0.05, 0.1) is 13.7 Å². The van der Waals surface area contributed by atoms with Crippen molar-refractivity contribution in [1.82, 2.24) is 20.2 Å². The number of rotatable bonds is 7. The highest BCUT2D eigenvalue weighted by molar-refractivity contribution is 7.71. The molecule has 1 heterocycles. The Morgan fingerprint density at radius 2 is 2.08 bits per heavy atom.